The summed E-state index contributed by atoms with van der Waals surface area (Å²) in [6, 6.07) is 30.8. The summed E-state index contributed by atoms with van der Waals surface area (Å²) in [5.74, 6) is 0. The zero-order chi connectivity index (χ0) is 19.8. The zero-order valence-corrected chi connectivity index (χ0v) is 17.4. The highest BCUT2D eigenvalue weighted by molar-refractivity contribution is 5.98. The quantitative estimate of drug-likeness (QED) is 0.407. The lowest BCUT2D eigenvalue weighted by atomic mass is 9.88. The van der Waals surface area contributed by atoms with Crippen LogP contribution >= 0.6 is 0 Å². The molecule has 0 radical (unpaired) electrons. The number of rotatable bonds is 8. The van der Waals surface area contributed by atoms with Crippen LogP contribution in [0.25, 0.3) is 11.1 Å². The molecule has 1 nitrogen and oxygen atoms in total. The smallest absolute Gasteiger partial charge is 0.00217 e. The van der Waals surface area contributed by atoms with Crippen molar-refractivity contribution in [1.82, 2.24) is 4.90 Å². The van der Waals surface area contributed by atoms with Crippen molar-refractivity contribution in [3.8, 4) is 0 Å². The third-order valence-electron chi connectivity index (χ3n) is 5.15. The minimum Gasteiger partial charge on any atom is -0.309 e. The van der Waals surface area contributed by atoms with E-state index in [0.717, 1.165) is 19.4 Å². The van der Waals surface area contributed by atoms with Crippen LogP contribution in [0.5, 0.6) is 0 Å². The summed E-state index contributed by atoms with van der Waals surface area (Å²) in [5.41, 5.74) is 8.03. The molecular weight excluding hydrogens is 338 g/mol. The molecule has 0 aromatic heterocycles. The van der Waals surface area contributed by atoms with Gasteiger partial charge >= 0.3 is 0 Å². The Hall–Kier alpha value is -2.64. The van der Waals surface area contributed by atoms with Crippen molar-refractivity contribution in [3.63, 3.8) is 0 Å². The molecule has 0 amide bonds. The van der Waals surface area contributed by atoms with Crippen LogP contribution in [0.15, 0.2) is 84.9 Å². The molecule has 0 unspecified atom stereocenters. The monoisotopic (exact) mass is 369 g/mol. The number of hydrogen-bond donors (Lipinski definition) is 0. The maximum Gasteiger partial charge on any atom is -0.00217 e. The first-order valence-corrected chi connectivity index (χ1v) is 10.3. The molecule has 1 heteroatoms. The van der Waals surface area contributed by atoms with Crippen molar-refractivity contribution in [3.05, 3.63) is 107 Å². The normalized spacial score (nSPS) is 12.1. The third kappa shape index (κ3) is 5.21. The number of benzene rings is 3. The summed E-state index contributed by atoms with van der Waals surface area (Å²) in [4.78, 5) is 2.25. The van der Waals surface area contributed by atoms with Gasteiger partial charge in [0.2, 0.25) is 0 Å². The molecule has 0 bridgehead atoms. The molecule has 0 aliphatic carbocycles. The Bertz CT molecular complexity index is 875. The SMILES string of the molecule is CC/C(=C(/c1ccccc1)c1ccc(CCCN(C)C)cc1)c1ccccc1. The van der Waals surface area contributed by atoms with E-state index in [1.807, 2.05) is 0 Å². The first kappa shape index (κ1) is 20.1. The molecule has 28 heavy (non-hydrogen) atoms. The van der Waals surface area contributed by atoms with Crippen molar-refractivity contribution in [2.45, 2.75) is 26.2 Å². The van der Waals surface area contributed by atoms with E-state index in [4.69, 9.17) is 0 Å². The molecule has 0 saturated heterocycles. The molecule has 0 saturated carbocycles. The van der Waals surface area contributed by atoms with Crippen molar-refractivity contribution in [1.29, 1.82) is 0 Å². The Morgan fingerprint density at radius 3 is 1.75 bits per heavy atom. The molecule has 0 heterocycles. The van der Waals surface area contributed by atoms with Crippen LogP contribution < -0.4 is 0 Å². The number of aryl methyl sites for hydroxylation is 1. The maximum atomic E-state index is 2.30. The molecule has 0 aliphatic heterocycles. The van der Waals surface area contributed by atoms with E-state index < -0.39 is 0 Å². The van der Waals surface area contributed by atoms with Crippen molar-refractivity contribution in [2.75, 3.05) is 20.6 Å². The maximum absolute atomic E-state index is 2.30. The molecule has 144 valence electrons. The summed E-state index contributed by atoms with van der Waals surface area (Å²) in [6.07, 6.45) is 3.32. The van der Waals surface area contributed by atoms with Gasteiger partial charge in [0.1, 0.15) is 0 Å². The minimum absolute atomic E-state index is 0.999. The predicted octanol–water partition coefficient (Wildman–Crippen LogP) is 6.55. The number of nitrogens with zero attached hydrogens (tertiary/aromatic N) is 1. The fraction of sp³-hybridized carbons (Fsp3) is 0.259. The standard InChI is InChI=1S/C27H31N/c1-4-26(23-13-7-5-8-14-23)27(24-15-9-6-10-16-24)25-19-17-22(18-20-25)12-11-21-28(2)3/h5-10,13-20H,4,11-12,21H2,1-3H3/b27-26+. The number of hydrogen-bond acceptors (Lipinski definition) is 1. The van der Waals surface area contributed by atoms with Gasteiger partial charge in [0.05, 0.1) is 0 Å². The number of allylic oxidation sites excluding steroid dienone is 1. The first-order valence-electron chi connectivity index (χ1n) is 10.3. The van der Waals surface area contributed by atoms with Crippen molar-refractivity contribution in [2.24, 2.45) is 0 Å². The van der Waals surface area contributed by atoms with E-state index in [1.165, 1.54) is 39.8 Å². The van der Waals surface area contributed by atoms with Crippen LogP contribution in [0.2, 0.25) is 0 Å². The molecule has 3 rings (SSSR count). The Morgan fingerprint density at radius 2 is 1.21 bits per heavy atom. The highest BCUT2D eigenvalue weighted by Crippen LogP contribution is 2.34. The molecule has 3 aromatic rings. The van der Waals surface area contributed by atoms with Crippen molar-refractivity contribution < 1.29 is 0 Å². The summed E-state index contributed by atoms with van der Waals surface area (Å²) < 4.78 is 0. The molecule has 0 spiro atoms. The summed E-state index contributed by atoms with van der Waals surface area (Å²) >= 11 is 0. The average Bonchev–Trinajstić information content (AvgIpc) is 2.73. The zero-order valence-electron chi connectivity index (χ0n) is 17.4. The molecule has 0 fully saturated rings. The lowest BCUT2D eigenvalue weighted by Gasteiger charge is -2.17. The molecule has 3 aromatic carbocycles. The van der Waals surface area contributed by atoms with E-state index in [0.29, 0.717) is 0 Å². The van der Waals surface area contributed by atoms with E-state index in [2.05, 4.69) is 111 Å². The van der Waals surface area contributed by atoms with Crippen molar-refractivity contribution >= 4 is 11.1 Å². The third-order valence-corrected chi connectivity index (χ3v) is 5.15. The summed E-state index contributed by atoms with van der Waals surface area (Å²) in [5, 5.41) is 0. The van der Waals surface area contributed by atoms with Gasteiger partial charge in [-0.1, -0.05) is 91.9 Å². The van der Waals surface area contributed by atoms with Gasteiger partial charge in [-0.15, -0.1) is 0 Å². The Morgan fingerprint density at radius 1 is 0.679 bits per heavy atom. The van der Waals surface area contributed by atoms with Gasteiger partial charge in [-0.25, -0.2) is 0 Å². The van der Waals surface area contributed by atoms with E-state index >= 15 is 0 Å². The lowest BCUT2D eigenvalue weighted by molar-refractivity contribution is 0.400. The fourth-order valence-electron chi connectivity index (χ4n) is 3.72. The van der Waals surface area contributed by atoms with Crippen LogP contribution in [-0.2, 0) is 6.42 Å². The molecule has 0 aliphatic rings. The van der Waals surface area contributed by atoms with E-state index in [9.17, 15) is 0 Å². The van der Waals surface area contributed by atoms with Crippen LogP contribution in [0.3, 0.4) is 0 Å². The second-order valence-corrected chi connectivity index (χ2v) is 7.54. The molecular formula is C27H31N. The van der Waals surface area contributed by atoms with Gasteiger partial charge in [-0.3, -0.25) is 0 Å². The van der Waals surface area contributed by atoms with Crippen LogP contribution in [-0.4, -0.2) is 25.5 Å². The second kappa shape index (κ2) is 10.1. The first-order chi connectivity index (χ1) is 13.7. The van der Waals surface area contributed by atoms with Crippen LogP contribution in [0.4, 0.5) is 0 Å². The van der Waals surface area contributed by atoms with Gasteiger partial charge in [-0.05, 0) is 73.3 Å². The highest BCUT2D eigenvalue weighted by Gasteiger charge is 2.12. The molecule has 0 atom stereocenters. The highest BCUT2D eigenvalue weighted by atomic mass is 15.0. The summed E-state index contributed by atoms with van der Waals surface area (Å²) in [6.45, 7) is 3.38. The largest absolute Gasteiger partial charge is 0.309 e. The topological polar surface area (TPSA) is 3.24 Å². The van der Waals surface area contributed by atoms with Crippen LogP contribution in [0.1, 0.15) is 42.0 Å². The predicted molar refractivity (Wildman–Crippen MR) is 122 cm³/mol. The molecule has 0 N–H and O–H groups in total. The second-order valence-electron chi connectivity index (χ2n) is 7.54. The fourth-order valence-corrected chi connectivity index (χ4v) is 3.72. The van der Waals surface area contributed by atoms with E-state index in [-0.39, 0.29) is 0 Å². The lowest BCUT2D eigenvalue weighted by Crippen LogP contribution is -2.13. The van der Waals surface area contributed by atoms with Gasteiger partial charge < -0.3 is 4.90 Å². The minimum atomic E-state index is 0.999. The Labute approximate surface area is 170 Å². The Balaban J connectivity index is 2.00. The van der Waals surface area contributed by atoms with Gasteiger partial charge in [0.25, 0.3) is 0 Å². The summed E-state index contributed by atoms with van der Waals surface area (Å²) in [7, 11) is 4.27. The van der Waals surface area contributed by atoms with Crippen LogP contribution in [0, 0.1) is 0 Å². The Kier molecular flexibility index (Phi) is 7.22. The van der Waals surface area contributed by atoms with Gasteiger partial charge in [0.15, 0.2) is 0 Å². The van der Waals surface area contributed by atoms with E-state index in [1.54, 1.807) is 0 Å². The van der Waals surface area contributed by atoms with Gasteiger partial charge in [0, 0.05) is 0 Å². The van der Waals surface area contributed by atoms with Gasteiger partial charge in [-0.2, -0.15) is 0 Å². The average molecular weight is 370 g/mol.